The van der Waals surface area contributed by atoms with Gasteiger partial charge in [0.2, 0.25) is 12.6 Å². The molecule has 0 bridgehead atoms. The highest BCUT2D eigenvalue weighted by Crippen LogP contribution is 2.31. The molecule has 0 unspecified atom stereocenters. The summed E-state index contributed by atoms with van der Waals surface area (Å²) in [6, 6.07) is 0. The number of rotatable bonds is 7. The van der Waals surface area contributed by atoms with E-state index in [1.54, 1.807) is 27.7 Å². The van der Waals surface area contributed by atoms with Crippen molar-refractivity contribution in [1.82, 2.24) is 0 Å². The summed E-state index contributed by atoms with van der Waals surface area (Å²) in [5.74, 6) is -1.53. The minimum atomic E-state index is -1.27. The smallest absolute Gasteiger partial charge is 0.238 e. The maximum Gasteiger partial charge on any atom is 0.238 e. The van der Waals surface area contributed by atoms with Crippen molar-refractivity contribution in [2.75, 3.05) is 6.79 Å². The van der Waals surface area contributed by atoms with Crippen LogP contribution in [0.15, 0.2) is 0 Å². The second kappa shape index (κ2) is 6.28. The van der Waals surface area contributed by atoms with Gasteiger partial charge >= 0.3 is 0 Å². The lowest BCUT2D eigenvalue weighted by atomic mass is 9.92. The Hall–Kier alpha value is -0.240. The summed E-state index contributed by atoms with van der Waals surface area (Å²) in [5.41, 5.74) is 0. The molecule has 0 fully saturated rings. The van der Waals surface area contributed by atoms with Crippen LogP contribution in [-0.2, 0) is 19.6 Å². The lowest BCUT2D eigenvalue weighted by Crippen LogP contribution is -2.45. The minimum Gasteiger partial charge on any atom is -0.249 e. The summed E-state index contributed by atoms with van der Waals surface area (Å²) in [5, 5.41) is 16.8. The predicted octanol–water partition coefficient (Wildman–Crippen LogP) is 1.88. The highest BCUT2D eigenvalue weighted by atomic mass is 17.3. The molecule has 0 aliphatic heterocycles. The van der Waals surface area contributed by atoms with E-state index in [9.17, 15) is 0 Å². The van der Waals surface area contributed by atoms with Crippen LogP contribution in [0.2, 0.25) is 0 Å². The lowest BCUT2D eigenvalue weighted by molar-refractivity contribution is -0.542. The summed E-state index contributed by atoms with van der Waals surface area (Å²) >= 11 is 0. The summed E-state index contributed by atoms with van der Waals surface area (Å²) < 4.78 is 0. The van der Waals surface area contributed by atoms with Crippen LogP contribution in [0.4, 0.5) is 0 Å². The molecule has 0 aromatic carbocycles. The quantitative estimate of drug-likeness (QED) is 0.289. The Balaban J connectivity index is 4.35. The van der Waals surface area contributed by atoms with Gasteiger partial charge in [-0.2, -0.15) is 4.89 Å². The molecule has 0 aliphatic rings. The van der Waals surface area contributed by atoms with Gasteiger partial charge < -0.3 is 0 Å². The molecule has 0 heterocycles. The molecule has 86 valence electrons. The van der Waals surface area contributed by atoms with Crippen molar-refractivity contribution in [3.8, 4) is 0 Å². The maximum atomic E-state index is 8.81. The molecule has 6 heteroatoms. The van der Waals surface area contributed by atoms with Crippen molar-refractivity contribution in [3.05, 3.63) is 0 Å². The van der Waals surface area contributed by atoms with Gasteiger partial charge in [0.05, 0.1) is 0 Å². The first-order chi connectivity index (χ1) is 6.51. The average molecular weight is 210 g/mol. The van der Waals surface area contributed by atoms with Gasteiger partial charge in [0, 0.05) is 11.8 Å². The second-order valence-electron chi connectivity index (χ2n) is 3.57. The van der Waals surface area contributed by atoms with E-state index in [2.05, 4.69) is 14.7 Å². The van der Waals surface area contributed by atoms with E-state index in [-0.39, 0.29) is 11.8 Å². The molecular formula is C8H18O6. The predicted molar refractivity (Wildman–Crippen MR) is 46.9 cm³/mol. The van der Waals surface area contributed by atoms with Crippen molar-refractivity contribution in [3.63, 3.8) is 0 Å². The van der Waals surface area contributed by atoms with E-state index in [4.69, 9.17) is 15.4 Å². The van der Waals surface area contributed by atoms with Gasteiger partial charge in [-0.15, -0.1) is 0 Å². The monoisotopic (exact) mass is 210 g/mol. The fourth-order valence-corrected chi connectivity index (χ4v) is 1.22. The molecule has 0 radical (unpaired) electrons. The molecule has 0 aromatic rings. The molecule has 0 amide bonds. The normalized spacial score (nSPS) is 12.9. The van der Waals surface area contributed by atoms with Gasteiger partial charge in [-0.1, -0.05) is 27.7 Å². The molecule has 6 nitrogen and oxygen atoms in total. The molecule has 0 saturated carbocycles. The first-order valence-corrected chi connectivity index (χ1v) is 4.40. The molecule has 0 spiro atoms. The van der Waals surface area contributed by atoms with Gasteiger partial charge in [0.25, 0.3) is 0 Å². The Bertz CT molecular complexity index is 139. The Morgan fingerprint density at radius 2 is 1.57 bits per heavy atom. The SMILES string of the molecule is CC(C)C(OO)(OOCOO)C(C)C. The minimum absolute atomic E-state index is 0.133. The van der Waals surface area contributed by atoms with Crippen molar-refractivity contribution < 1.29 is 30.1 Å². The van der Waals surface area contributed by atoms with Crippen molar-refractivity contribution in [1.29, 1.82) is 0 Å². The molecule has 0 aromatic heterocycles. The molecule has 2 N–H and O–H groups in total. The highest BCUT2D eigenvalue weighted by Gasteiger charge is 2.42. The van der Waals surface area contributed by atoms with Gasteiger partial charge in [0.15, 0.2) is 0 Å². The molecule has 0 saturated heterocycles. The Morgan fingerprint density at radius 3 is 1.86 bits per heavy atom. The van der Waals surface area contributed by atoms with Crippen LogP contribution in [0.1, 0.15) is 27.7 Å². The summed E-state index contributed by atoms with van der Waals surface area (Å²) in [6.07, 6.45) is 0. The van der Waals surface area contributed by atoms with Crippen LogP contribution in [0, 0.1) is 11.8 Å². The third-order valence-electron chi connectivity index (χ3n) is 2.04. The third-order valence-corrected chi connectivity index (χ3v) is 2.04. The van der Waals surface area contributed by atoms with E-state index < -0.39 is 12.6 Å². The molecule has 14 heavy (non-hydrogen) atoms. The summed E-state index contributed by atoms with van der Waals surface area (Å²) in [6.45, 7) is 6.77. The molecule has 0 aliphatic carbocycles. The molecular weight excluding hydrogens is 192 g/mol. The Morgan fingerprint density at radius 1 is 1.07 bits per heavy atom. The van der Waals surface area contributed by atoms with Gasteiger partial charge in [-0.25, -0.2) is 25.2 Å². The van der Waals surface area contributed by atoms with E-state index in [0.29, 0.717) is 0 Å². The van der Waals surface area contributed by atoms with Crippen LogP contribution in [0.5, 0.6) is 0 Å². The zero-order valence-corrected chi connectivity index (χ0v) is 8.89. The topological polar surface area (TPSA) is 77.4 Å². The zero-order valence-electron chi connectivity index (χ0n) is 8.89. The molecule has 0 atom stereocenters. The van der Waals surface area contributed by atoms with Crippen LogP contribution in [-0.4, -0.2) is 23.1 Å². The summed E-state index contributed by atoms with van der Waals surface area (Å²) in [7, 11) is 0. The van der Waals surface area contributed by atoms with Crippen LogP contribution < -0.4 is 0 Å². The number of hydrogen-bond acceptors (Lipinski definition) is 6. The van der Waals surface area contributed by atoms with Crippen LogP contribution in [0.3, 0.4) is 0 Å². The van der Waals surface area contributed by atoms with Crippen molar-refractivity contribution >= 4 is 0 Å². The Labute approximate surface area is 83.1 Å². The first kappa shape index (κ1) is 13.8. The zero-order chi connectivity index (χ0) is 11.2. The van der Waals surface area contributed by atoms with Gasteiger partial charge in [-0.3, -0.25) is 0 Å². The van der Waals surface area contributed by atoms with E-state index in [0.717, 1.165) is 0 Å². The Kier molecular flexibility index (Phi) is 6.17. The average Bonchev–Trinajstić information content (AvgIpc) is 2.11. The fraction of sp³-hybridized carbons (Fsp3) is 1.00. The van der Waals surface area contributed by atoms with E-state index >= 15 is 0 Å². The van der Waals surface area contributed by atoms with Crippen LogP contribution in [0.25, 0.3) is 0 Å². The number of hydrogen-bond donors (Lipinski definition) is 2. The largest absolute Gasteiger partial charge is 0.249 e. The van der Waals surface area contributed by atoms with Gasteiger partial charge in [0.1, 0.15) is 0 Å². The fourth-order valence-electron chi connectivity index (χ4n) is 1.22. The first-order valence-electron chi connectivity index (χ1n) is 4.40. The highest BCUT2D eigenvalue weighted by molar-refractivity contribution is 4.75. The van der Waals surface area contributed by atoms with E-state index in [1.165, 1.54) is 0 Å². The summed E-state index contributed by atoms with van der Waals surface area (Å²) in [4.78, 5) is 17.4. The molecule has 0 rings (SSSR count). The lowest BCUT2D eigenvalue weighted by Gasteiger charge is -2.35. The standard InChI is InChI=1S/C8H18O6/c1-6(2)8(13-10,7(3)4)14-12-5-11-9/h6-7,9-10H,5H2,1-4H3. The van der Waals surface area contributed by atoms with Crippen LogP contribution >= 0.6 is 0 Å². The maximum absolute atomic E-state index is 8.81. The van der Waals surface area contributed by atoms with Crippen molar-refractivity contribution in [2.45, 2.75) is 33.5 Å². The van der Waals surface area contributed by atoms with E-state index in [1.807, 2.05) is 0 Å². The third kappa shape index (κ3) is 3.16. The second-order valence-corrected chi connectivity index (χ2v) is 3.57. The van der Waals surface area contributed by atoms with Gasteiger partial charge in [-0.05, 0) is 0 Å². The van der Waals surface area contributed by atoms with Crippen molar-refractivity contribution in [2.24, 2.45) is 11.8 Å².